The number of carbonyl (C=O) groups is 2. The highest BCUT2D eigenvalue weighted by molar-refractivity contribution is 5.88. The standard InChI is InChI=1S/C9H8N2O5/c1-10(9(13)14)7-3-2-6(5-12)8(4-7)11(15)16/h2-5H,1H3,(H,13,14). The fourth-order valence-electron chi connectivity index (χ4n) is 1.11. The van der Waals surface area contributed by atoms with Crippen molar-refractivity contribution < 1.29 is 19.6 Å². The maximum atomic E-state index is 10.6. The Kier molecular flexibility index (Phi) is 3.19. The van der Waals surface area contributed by atoms with Crippen LogP contribution in [0.25, 0.3) is 0 Å². The number of benzene rings is 1. The quantitative estimate of drug-likeness (QED) is 0.476. The second-order valence-electron chi connectivity index (χ2n) is 2.96. The van der Waals surface area contributed by atoms with Crippen LogP contribution in [0.2, 0.25) is 0 Å². The molecule has 0 bridgehead atoms. The number of hydrogen-bond donors (Lipinski definition) is 1. The molecule has 0 heterocycles. The summed E-state index contributed by atoms with van der Waals surface area (Å²) in [4.78, 5) is 31.8. The van der Waals surface area contributed by atoms with Crippen LogP contribution >= 0.6 is 0 Å². The van der Waals surface area contributed by atoms with E-state index in [2.05, 4.69) is 0 Å². The highest BCUT2D eigenvalue weighted by Crippen LogP contribution is 2.23. The van der Waals surface area contributed by atoms with Crippen LogP contribution in [-0.4, -0.2) is 29.5 Å². The first kappa shape index (κ1) is 11.6. The van der Waals surface area contributed by atoms with Crippen LogP contribution in [0.3, 0.4) is 0 Å². The van der Waals surface area contributed by atoms with Crippen molar-refractivity contribution in [2.24, 2.45) is 0 Å². The second-order valence-corrected chi connectivity index (χ2v) is 2.96. The number of anilines is 1. The van der Waals surface area contributed by atoms with E-state index >= 15 is 0 Å². The van der Waals surface area contributed by atoms with Gasteiger partial charge in [-0.2, -0.15) is 0 Å². The van der Waals surface area contributed by atoms with Gasteiger partial charge in [0.15, 0.2) is 6.29 Å². The summed E-state index contributed by atoms with van der Waals surface area (Å²) in [7, 11) is 1.25. The molecule has 84 valence electrons. The van der Waals surface area contributed by atoms with Crippen LogP contribution in [-0.2, 0) is 0 Å². The molecule has 0 radical (unpaired) electrons. The molecule has 0 spiro atoms. The van der Waals surface area contributed by atoms with Gasteiger partial charge in [0.2, 0.25) is 0 Å². The SMILES string of the molecule is CN(C(=O)O)c1ccc(C=O)c([N+](=O)[O-])c1. The molecule has 0 aromatic heterocycles. The molecular weight excluding hydrogens is 216 g/mol. The zero-order valence-electron chi connectivity index (χ0n) is 8.28. The van der Waals surface area contributed by atoms with Crippen molar-refractivity contribution in [1.29, 1.82) is 0 Å². The maximum Gasteiger partial charge on any atom is 0.411 e. The first-order valence-corrected chi connectivity index (χ1v) is 4.17. The molecule has 0 aliphatic carbocycles. The number of nitro groups is 1. The largest absolute Gasteiger partial charge is 0.465 e. The van der Waals surface area contributed by atoms with Gasteiger partial charge >= 0.3 is 6.09 Å². The minimum atomic E-state index is -1.24. The van der Waals surface area contributed by atoms with Crippen molar-refractivity contribution in [3.8, 4) is 0 Å². The first-order valence-electron chi connectivity index (χ1n) is 4.17. The van der Waals surface area contributed by atoms with E-state index in [0.29, 0.717) is 6.29 Å². The third-order valence-electron chi connectivity index (χ3n) is 2.01. The second kappa shape index (κ2) is 4.39. The topological polar surface area (TPSA) is 101 Å². The Morgan fingerprint density at radius 2 is 2.19 bits per heavy atom. The summed E-state index contributed by atoms with van der Waals surface area (Å²) < 4.78 is 0. The molecule has 1 rings (SSSR count). The zero-order valence-corrected chi connectivity index (χ0v) is 8.28. The molecule has 1 aromatic rings. The lowest BCUT2D eigenvalue weighted by Gasteiger charge is -2.12. The monoisotopic (exact) mass is 224 g/mol. The fourth-order valence-corrected chi connectivity index (χ4v) is 1.11. The van der Waals surface area contributed by atoms with Crippen LogP contribution in [0.4, 0.5) is 16.2 Å². The highest BCUT2D eigenvalue weighted by atomic mass is 16.6. The van der Waals surface area contributed by atoms with Crippen molar-refractivity contribution in [1.82, 2.24) is 0 Å². The van der Waals surface area contributed by atoms with Gasteiger partial charge in [-0.15, -0.1) is 0 Å². The summed E-state index contributed by atoms with van der Waals surface area (Å²) in [6.45, 7) is 0. The number of nitrogens with zero attached hydrogens (tertiary/aromatic N) is 2. The first-order chi connectivity index (χ1) is 7.47. The van der Waals surface area contributed by atoms with Crippen LogP contribution in [0.5, 0.6) is 0 Å². The van der Waals surface area contributed by atoms with Crippen LogP contribution in [0, 0.1) is 10.1 Å². The molecular formula is C9H8N2O5. The van der Waals surface area contributed by atoms with E-state index in [4.69, 9.17) is 5.11 Å². The van der Waals surface area contributed by atoms with E-state index in [1.165, 1.54) is 19.2 Å². The minimum Gasteiger partial charge on any atom is -0.465 e. The summed E-state index contributed by atoms with van der Waals surface area (Å²) in [5.74, 6) is 0. The van der Waals surface area contributed by atoms with Crippen molar-refractivity contribution in [3.05, 3.63) is 33.9 Å². The predicted octanol–water partition coefficient (Wildman–Crippen LogP) is 1.52. The van der Waals surface area contributed by atoms with Crippen molar-refractivity contribution >= 4 is 23.8 Å². The van der Waals surface area contributed by atoms with Crippen LogP contribution in [0.15, 0.2) is 18.2 Å². The normalized spacial score (nSPS) is 9.56. The molecule has 1 N–H and O–H groups in total. The number of nitro benzene ring substituents is 1. The summed E-state index contributed by atoms with van der Waals surface area (Å²) in [5.41, 5.74) is -0.377. The van der Waals surface area contributed by atoms with Gasteiger partial charge in [0.05, 0.1) is 16.2 Å². The van der Waals surface area contributed by atoms with Gasteiger partial charge in [0.25, 0.3) is 5.69 Å². The van der Waals surface area contributed by atoms with Crippen LogP contribution in [0.1, 0.15) is 10.4 Å². The molecule has 7 heteroatoms. The van der Waals surface area contributed by atoms with E-state index < -0.39 is 16.7 Å². The van der Waals surface area contributed by atoms with E-state index in [9.17, 15) is 19.7 Å². The summed E-state index contributed by atoms with van der Waals surface area (Å²) in [6, 6.07) is 3.57. The summed E-state index contributed by atoms with van der Waals surface area (Å²) in [5, 5.41) is 19.3. The van der Waals surface area contributed by atoms with E-state index in [1.807, 2.05) is 0 Å². The number of carboxylic acid groups (broad SMARTS) is 1. The van der Waals surface area contributed by atoms with Gasteiger partial charge in [0, 0.05) is 13.1 Å². The number of amides is 1. The number of aldehydes is 1. The maximum absolute atomic E-state index is 10.6. The van der Waals surface area contributed by atoms with Crippen molar-refractivity contribution in [2.45, 2.75) is 0 Å². The third-order valence-corrected chi connectivity index (χ3v) is 2.01. The van der Waals surface area contributed by atoms with Crippen molar-refractivity contribution in [3.63, 3.8) is 0 Å². The average Bonchev–Trinajstić information content (AvgIpc) is 2.26. The lowest BCUT2D eigenvalue weighted by Crippen LogP contribution is -2.23. The van der Waals surface area contributed by atoms with Crippen LogP contribution < -0.4 is 4.90 Å². The molecule has 1 amide bonds. The Balaban J connectivity index is 3.27. The molecule has 16 heavy (non-hydrogen) atoms. The van der Waals surface area contributed by atoms with E-state index in [1.54, 1.807) is 0 Å². The van der Waals surface area contributed by atoms with Gasteiger partial charge in [-0.05, 0) is 12.1 Å². The minimum absolute atomic E-state index is 0.0902. The Hall–Kier alpha value is -2.44. The molecule has 0 atom stereocenters. The van der Waals surface area contributed by atoms with Gasteiger partial charge in [-0.3, -0.25) is 19.8 Å². The summed E-state index contributed by atoms with van der Waals surface area (Å²) in [6.07, 6.45) is -0.893. The lowest BCUT2D eigenvalue weighted by atomic mass is 10.1. The smallest absolute Gasteiger partial charge is 0.411 e. The fraction of sp³-hybridized carbons (Fsp3) is 0.111. The molecule has 0 saturated heterocycles. The molecule has 0 aliphatic rings. The molecule has 0 saturated carbocycles. The zero-order chi connectivity index (χ0) is 12.3. The molecule has 1 aromatic carbocycles. The summed E-state index contributed by atoms with van der Waals surface area (Å²) >= 11 is 0. The number of rotatable bonds is 3. The molecule has 0 fully saturated rings. The van der Waals surface area contributed by atoms with E-state index in [0.717, 1.165) is 11.0 Å². The average molecular weight is 224 g/mol. The number of carbonyl (C=O) groups excluding carboxylic acids is 1. The van der Waals surface area contributed by atoms with E-state index in [-0.39, 0.29) is 11.3 Å². The predicted molar refractivity (Wildman–Crippen MR) is 54.9 cm³/mol. The Labute approximate surface area is 90.1 Å². The Bertz CT molecular complexity index is 457. The highest BCUT2D eigenvalue weighted by Gasteiger charge is 2.17. The van der Waals surface area contributed by atoms with Gasteiger partial charge < -0.3 is 5.11 Å². The third kappa shape index (κ3) is 2.14. The molecule has 0 aliphatic heterocycles. The van der Waals surface area contributed by atoms with Gasteiger partial charge in [-0.25, -0.2) is 4.79 Å². The Morgan fingerprint density at radius 3 is 2.62 bits per heavy atom. The number of hydrogen-bond acceptors (Lipinski definition) is 4. The van der Waals surface area contributed by atoms with Gasteiger partial charge in [0.1, 0.15) is 0 Å². The molecule has 7 nitrogen and oxygen atoms in total. The molecule has 0 unspecified atom stereocenters. The van der Waals surface area contributed by atoms with Crippen molar-refractivity contribution in [2.75, 3.05) is 11.9 Å². The Morgan fingerprint density at radius 1 is 1.56 bits per heavy atom. The lowest BCUT2D eigenvalue weighted by molar-refractivity contribution is -0.385. The van der Waals surface area contributed by atoms with Gasteiger partial charge in [-0.1, -0.05) is 0 Å².